The molecule has 0 radical (unpaired) electrons. The van der Waals surface area contributed by atoms with E-state index >= 15 is 0 Å². The minimum absolute atomic E-state index is 0.00888. The van der Waals surface area contributed by atoms with E-state index in [-0.39, 0.29) is 28.2 Å². The maximum atomic E-state index is 12.6. The molecular weight excluding hydrogens is 436 g/mol. The van der Waals surface area contributed by atoms with Gasteiger partial charge in [-0.25, -0.2) is 8.42 Å². The van der Waals surface area contributed by atoms with Gasteiger partial charge in [-0.2, -0.15) is 0 Å². The second-order valence-electron chi connectivity index (χ2n) is 7.17. The summed E-state index contributed by atoms with van der Waals surface area (Å²) in [5.74, 6) is -0.126. The van der Waals surface area contributed by atoms with E-state index in [1.165, 1.54) is 18.2 Å². The Kier molecular flexibility index (Phi) is 6.87. The summed E-state index contributed by atoms with van der Waals surface area (Å²) < 4.78 is 33.2. The highest BCUT2D eigenvalue weighted by Crippen LogP contribution is 2.28. The van der Waals surface area contributed by atoms with Crippen LogP contribution in [-0.4, -0.2) is 20.9 Å². The summed E-state index contributed by atoms with van der Waals surface area (Å²) in [5.41, 5.74) is 4.11. The van der Waals surface area contributed by atoms with Gasteiger partial charge in [-0.15, -0.1) is 0 Å². The van der Waals surface area contributed by atoms with Gasteiger partial charge in [-0.05, 0) is 62.2 Å². The van der Waals surface area contributed by atoms with Gasteiger partial charge < -0.3 is 10.1 Å². The third-order valence-electron chi connectivity index (χ3n) is 4.62. The Labute approximate surface area is 187 Å². The molecule has 3 aromatic rings. The zero-order valence-electron chi connectivity index (χ0n) is 17.4. The predicted octanol–water partition coefficient (Wildman–Crippen LogP) is 5.08. The molecule has 0 spiro atoms. The third-order valence-corrected chi connectivity index (χ3v) is 6.30. The van der Waals surface area contributed by atoms with Gasteiger partial charge in [0.05, 0.1) is 9.92 Å². The minimum atomic E-state index is -3.82. The van der Waals surface area contributed by atoms with Gasteiger partial charge in [0.15, 0.2) is 6.61 Å². The van der Waals surface area contributed by atoms with Crippen molar-refractivity contribution in [1.29, 1.82) is 0 Å². The van der Waals surface area contributed by atoms with Crippen LogP contribution in [0.3, 0.4) is 0 Å². The van der Waals surface area contributed by atoms with Crippen molar-refractivity contribution in [3.05, 3.63) is 82.4 Å². The van der Waals surface area contributed by atoms with E-state index in [2.05, 4.69) is 10.0 Å². The van der Waals surface area contributed by atoms with E-state index in [9.17, 15) is 13.2 Å². The molecular formula is C23H23ClN2O4S. The second kappa shape index (κ2) is 9.41. The molecule has 1 amide bonds. The summed E-state index contributed by atoms with van der Waals surface area (Å²) in [6.07, 6.45) is 0. The first-order valence-electron chi connectivity index (χ1n) is 9.53. The summed E-state index contributed by atoms with van der Waals surface area (Å²) in [5, 5.41) is 2.91. The summed E-state index contributed by atoms with van der Waals surface area (Å²) in [6, 6.07) is 16.8. The van der Waals surface area contributed by atoms with E-state index in [1.807, 2.05) is 51.1 Å². The lowest BCUT2D eigenvalue weighted by Crippen LogP contribution is -2.21. The van der Waals surface area contributed by atoms with E-state index in [1.54, 1.807) is 12.1 Å². The number of ether oxygens (including phenoxy) is 1. The quantitative estimate of drug-likeness (QED) is 0.516. The molecule has 0 bridgehead atoms. The van der Waals surface area contributed by atoms with Crippen molar-refractivity contribution in [2.24, 2.45) is 0 Å². The van der Waals surface area contributed by atoms with Crippen molar-refractivity contribution in [3.63, 3.8) is 0 Å². The summed E-state index contributed by atoms with van der Waals surface area (Å²) >= 11 is 6.20. The maximum absolute atomic E-state index is 12.6. The van der Waals surface area contributed by atoms with Crippen LogP contribution in [0.15, 0.2) is 65.6 Å². The fourth-order valence-corrected chi connectivity index (χ4v) is 4.32. The van der Waals surface area contributed by atoms with Crippen molar-refractivity contribution < 1.29 is 17.9 Å². The van der Waals surface area contributed by atoms with E-state index in [4.69, 9.17) is 16.3 Å². The highest BCUT2D eigenvalue weighted by Gasteiger charge is 2.17. The molecule has 0 aliphatic heterocycles. The fraction of sp³-hybridized carbons (Fsp3) is 0.174. The van der Waals surface area contributed by atoms with E-state index in [0.29, 0.717) is 5.69 Å². The second-order valence-corrected chi connectivity index (χ2v) is 9.26. The lowest BCUT2D eigenvalue weighted by atomic mass is 10.1. The molecule has 6 nitrogen and oxygen atoms in total. The van der Waals surface area contributed by atoms with Crippen LogP contribution in [0.25, 0.3) is 0 Å². The Balaban J connectivity index is 1.66. The van der Waals surface area contributed by atoms with Gasteiger partial charge in [-0.3, -0.25) is 9.52 Å². The largest absolute Gasteiger partial charge is 0.482 e. The smallest absolute Gasteiger partial charge is 0.262 e. The van der Waals surface area contributed by atoms with Crippen molar-refractivity contribution in [1.82, 2.24) is 0 Å². The van der Waals surface area contributed by atoms with Crippen LogP contribution in [0.5, 0.6) is 5.75 Å². The molecule has 0 aliphatic rings. The third kappa shape index (κ3) is 5.77. The number of anilines is 2. The molecule has 0 unspecified atom stereocenters. The number of nitrogens with one attached hydrogen (secondary N) is 2. The average molecular weight is 459 g/mol. The number of para-hydroxylation sites is 1. The summed E-state index contributed by atoms with van der Waals surface area (Å²) in [6.45, 7) is 5.47. The molecule has 2 N–H and O–H groups in total. The normalized spacial score (nSPS) is 11.1. The fourth-order valence-electron chi connectivity index (χ4n) is 2.93. The Hall–Kier alpha value is -3.03. The molecule has 8 heteroatoms. The van der Waals surface area contributed by atoms with Gasteiger partial charge in [0.1, 0.15) is 5.75 Å². The number of benzene rings is 3. The predicted molar refractivity (Wildman–Crippen MR) is 123 cm³/mol. The van der Waals surface area contributed by atoms with Crippen molar-refractivity contribution >= 4 is 38.9 Å². The summed E-state index contributed by atoms with van der Waals surface area (Å²) in [7, 11) is -3.82. The van der Waals surface area contributed by atoms with Gasteiger partial charge in [0, 0.05) is 11.4 Å². The van der Waals surface area contributed by atoms with Crippen LogP contribution in [0.2, 0.25) is 5.02 Å². The van der Waals surface area contributed by atoms with Crippen LogP contribution in [0.4, 0.5) is 11.4 Å². The molecule has 0 aromatic heterocycles. The number of hydrogen-bond acceptors (Lipinski definition) is 4. The minimum Gasteiger partial charge on any atom is -0.482 e. The van der Waals surface area contributed by atoms with Gasteiger partial charge in [-0.1, -0.05) is 47.5 Å². The molecule has 31 heavy (non-hydrogen) atoms. The van der Waals surface area contributed by atoms with Crippen molar-refractivity contribution in [2.45, 2.75) is 25.7 Å². The van der Waals surface area contributed by atoms with Crippen LogP contribution in [-0.2, 0) is 14.8 Å². The molecule has 0 heterocycles. The molecule has 0 saturated carbocycles. The van der Waals surface area contributed by atoms with E-state index in [0.717, 1.165) is 22.4 Å². The number of aryl methyl sites for hydroxylation is 3. The van der Waals surface area contributed by atoms with Crippen molar-refractivity contribution in [3.8, 4) is 5.75 Å². The van der Waals surface area contributed by atoms with E-state index < -0.39 is 10.0 Å². The molecule has 3 rings (SSSR count). The maximum Gasteiger partial charge on any atom is 0.262 e. The first-order chi connectivity index (χ1) is 14.7. The Morgan fingerprint density at radius 1 is 0.968 bits per heavy atom. The van der Waals surface area contributed by atoms with Crippen LogP contribution in [0.1, 0.15) is 16.7 Å². The van der Waals surface area contributed by atoms with Gasteiger partial charge in [0.2, 0.25) is 0 Å². The monoisotopic (exact) mass is 458 g/mol. The van der Waals surface area contributed by atoms with Crippen LogP contribution < -0.4 is 14.8 Å². The Morgan fingerprint density at radius 2 is 1.61 bits per heavy atom. The molecule has 3 aromatic carbocycles. The number of halogens is 1. The number of sulfonamides is 1. The number of hydrogen-bond donors (Lipinski definition) is 2. The number of rotatable bonds is 7. The molecule has 0 aliphatic carbocycles. The highest BCUT2D eigenvalue weighted by molar-refractivity contribution is 7.92. The SMILES string of the molecule is Cc1ccc(NS(=O)(=O)c2ccc(OCC(=O)Nc3c(C)cccc3C)c(Cl)c2)cc1. The number of amides is 1. The molecule has 0 saturated heterocycles. The Morgan fingerprint density at radius 3 is 2.23 bits per heavy atom. The number of carbonyl (C=O) groups is 1. The standard InChI is InChI=1S/C23H23ClN2O4S/c1-15-7-9-18(10-8-15)26-31(28,29)19-11-12-21(20(24)13-19)30-14-22(27)25-23-16(2)5-4-6-17(23)3/h4-13,26H,14H2,1-3H3,(H,25,27). The number of carbonyl (C=O) groups excluding carboxylic acids is 1. The molecule has 162 valence electrons. The van der Waals surface area contributed by atoms with Gasteiger partial charge in [0.25, 0.3) is 15.9 Å². The lowest BCUT2D eigenvalue weighted by molar-refractivity contribution is -0.118. The average Bonchev–Trinajstić information content (AvgIpc) is 2.71. The topological polar surface area (TPSA) is 84.5 Å². The zero-order chi connectivity index (χ0) is 22.6. The first-order valence-corrected chi connectivity index (χ1v) is 11.4. The first kappa shape index (κ1) is 22.7. The van der Waals surface area contributed by atoms with Gasteiger partial charge >= 0.3 is 0 Å². The zero-order valence-corrected chi connectivity index (χ0v) is 19.0. The van der Waals surface area contributed by atoms with Crippen LogP contribution in [0, 0.1) is 20.8 Å². The summed E-state index contributed by atoms with van der Waals surface area (Å²) in [4.78, 5) is 12.3. The molecule has 0 atom stereocenters. The molecule has 0 fully saturated rings. The Bertz CT molecular complexity index is 1190. The van der Waals surface area contributed by atoms with Crippen molar-refractivity contribution in [2.75, 3.05) is 16.6 Å². The highest BCUT2D eigenvalue weighted by atomic mass is 35.5. The van der Waals surface area contributed by atoms with Crippen LogP contribution >= 0.6 is 11.6 Å². The lowest BCUT2D eigenvalue weighted by Gasteiger charge is -2.13.